The summed E-state index contributed by atoms with van der Waals surface area (Å²) >= 11 is 0. The van der Waals surface area contributed by atoms with E-state index in [-0.39, 0.29) is 0 Å². The minimum absolute atomic E-state index is 1.33. The summed E-state index contributed by atoms with van der Waals surface area (Å²) in [6.07, 6.45) is 0. The van der Waals surface area contributed by atoms with E-state index in [1.807, 2.05) is 0 Å². The Morgan fingerprint density at radius 2 is 1.04 bits per heavy atom. The molecule has 0 unspecified atom stereocenters. The van der Waals surface area contributed by atoms with Crippen LogP contribution in [0.25, 0.3) is 21.5 Å². The number of hydrogen-bond donors (Lipinski definition) is 0. The van der Waals surface area contributed by atoms with Crippen LogP contribution in [0.4, 0.5) is 0 Å². The Labute approximate surface area is 144 Å². The van der Waals surface area contributed by atoms with Crippen LogP contribution in [0.2, 0.25) is 0 Å². The van der Waals surface area contributed by atoms with Crippen molar-refractivity contribution in [3.05, 3.63) is 95.1 Å². The third-order valence-electron chi connectivity index (χ3n) is 4.58. The van der Waals surface area contributed by atoms with Gasteiger partial charge in [0.15, 0.2) is 0 Å². The second-order valence-electron chi connectivity index (χ2n) is 6.55. The molecule has 0 aliphatic heterocycles. The Morgan fingerprint density at radius 3 is 1.62 bits per heavy atom. The Morgan fingerprint density at radius 1 is 0.500 bits per heavy atom. The molecule has 0 aliphatic rings. The fourth-order valence-corrected chi connectivity index (χ4v) is 3.29. The summed E-state index contributed by atoms with van der Waals surface area (Å²) in [5.41, 5.74) is 5.42. The summed E-state index contributed by atoms with van der Waals surface area (Å²) in [6.45, 7) is 8.61. The molecule has 0 spiro atoms. The van der Waals surface area contributed by atoms with Crippen LogP contribution in [-0.4, -0.2) is 0 Å². The molecule has 0 N–H and O–H groups in total. The second-order valence-corrected chi connectivity index (χ2v) is 6.55. The highest BCUT2D eigenvalue weighted by Crippen LogP contribution is 2.21. The molecule has 0 saturated carbocycles. The molecule has 120 valence electrons. The van der Waals surface area contributed by atoms with Crippen LogP contribution in [-0.2, 0) is 0 Å². The molecule has 4 aromatic rings. The molecule has 0 aliphatic carbocycles. The first-order valence-corrected chi connectivity index (χ1v) is 8.47. The smallest absolute Gasteiger partial charge is 0.0125 e. The number of benzene rings is 4. The van der Waals surface area contributed by atoms with E-state index < -0.39 is 0 Å². The fourth-order valence-electron chi connectivity index (χ4n) is 3.29. The average molecular weight is 312 g/mol. The lowest BCUT2D eigenvalue weighted by Crippen LogP contribution is -1.81. The monoisotopic (exact) mass is 312 g/mol. The Balaban J connectivity index is 0.000000141. The van der Waals surface area contributed by atoms with Gasteiger partial charge in [0.05, 0.1) is 0 Å². The van der Waals surface area contributed by atoms with Crippen molar-refractivity contribution in [3.8, 4) is 0 Å². The number of rotatable bonds is 0. The van der Waals surface area contributed by atoms with Gasteiger partial charge in [-0.1, -0.05) is 78.4 Å². The summed E-state index contributed by atoms with van der Waals surface area (Å²) in [6, 6.07) is 25.9. The molecule has 0 amide bonds. The maximum atomic E-state index is 2.24. The van der Waals surface area contributed by atoms with Gasteiger partial charge in [-0.3, -0.25) is 0 Å². The molecule has 0 aromatic heterocycles. The van der Waals surface area contributed by atoms with Crippen LogP contribution >= 0.6 is 0 Å². The maximum Gasteiger partial charge on any atom is -0.0125 e. The van der Waals surface area contributed by atoms with Crippen molar-refractivity contribution in [1.82, 2.24) is 0 Å². The highest BCUT2D eigenvalue weighted by molar-refractivity contribution is 5.88. The van der Waals surface area contributed by atoms with Crippen molar-refractivity contribution in [2.45, 2.75) is 27.7 Å². The topological polar surface area (TPSA) is 0 Å². The van der Waals surface area contributed by atoms with E-state index >= 15 is 0 Å². The molecule has 0 heteroatoms. The van der Waals surface area contributed by atoms with Crippen molar-refractivity contribution in [2.75, 3.05) is 0 Å². The van der Waals surface area contributed by atoms with E-state index in [4.69, 9.17) is 0 Å². The number of aryl methyl sites for hydroxylation is 4. The van der Waals surface area contributed by atoms with Crippen molar-refractivity contribution in [1.29, 1.82) is 0 Å². The molecule has 0 atom stereocenters. The quantitative estimate of drug-likeness (QED) is 0.331. The molecule has 4 rings (SSSR count). The highest BCUT2D eigenvalue weighted by Gasteiger charge is 1.97. The van der Waals surface area contributed by atoms with Crippen molar-refractivity contribution in [2.24, 2.45) is 0 Å². The summed E-state index contributed by atoms with van der Waals surface area (Å²) in [7, 11) is 0. The van der Waals surface area contributed by atoms with Gasteiger partial charge in [-0.05, 0) is 65.9 Å². The van der Waals surface area contributed by atoms with Crippen LogP contribution in [0.5, 0.6) is 0 Å². The third kappa shape index (κ3) is 3.33. The van der Waals surface area contributed by atoms with Gasteiger partial charge >= 0.3 is 0 Å². The fraction of sp³-hybridized carbons (Fsp3) is 0.167. The second kappa shape index (κ2) is 6.88. The van der Waals surface area contributed by atoms with E-state index in [0.29, 0.717) is 0 Å². The third-order valence-corrected chi connectivity index (χ3v) is 4.58. The van der Waals surface area contributed by atoms with E-state index in [1.54, 1.807) is 0 Å². The van der Waals surface area contributed by atoms with E-state index in [1.165, 1.54) is 43.8 Å². The van der Waals surface area contributed by atoms with Gasteiger partial charge in [-0.2, -0.15) is 0 Å². The van der Waals surface area contributed by atoms with Crippen LogP contribution in [0.15, 0.2) is 72.8 Å². The van der Waals surface area contributed by atoms with E-state index in [2.05, 4.69) is 100 Å². The molecule has 0 bridgehead atoms. The zero-order valence-corrected chi connectivity index (χ0v) is 14.9. The first-order valence-electron chi connectivity index (χ1n) is 8.47. The summed E-state index contributed by atoms with van der Waals surface area (Å²) < 4.78 is 0. The number of hydrogen-bond acceptors (Lipinski definition) is 0. The maximum absolute atomic E-state index is 2.24. The molecule has 24 heavy (non-hydrogen) atoms. The molecule has 0 nitrogen and oxygen atoms in total. The summed E-state index contributed by atoms with van der Waals surface area (Å²) in [4.78, 5) is 0. The van der Waals surface area contributed by atoms with Gasteiger partial charge in [0.25, 0.3) is 0 Å². The molecule has 0 heterocycles. The van der Waals surface area contributed by atoms with Crippen molar-refractivity contribution in [3.63, 3.8) is 0 Å². The summed E-state index contributed by atoms with van der Waals surface area (Å²) in [5.74, 6) is 0. The van der Waals surface area contributed by atoms with Crippen molar-refractivity contribution < 1.29 is 0 Å². The summed E-state index contributed by atoms with van der Waals surface area (Å²) in [5, 5.41) is 5.45. The van der Waals surface area contributed by atoms with Crippen molar-refractivity contribution >= 4 is 21.5 Å². The van der Waals surface area contributed by atoms with Crippen LogP contribution in [0.1, 0.15) is 22.3 Å². The Bertz CT molecular complexity index is 956. The van der Waals surface area contributed by atoms with Gasteiger partial charge in [-0.25, -0.2) is 0 Å². The largest absolute Gasteiger partial charge is 0.0614 e. The van der Waals surface area contributed by atoms with E-state index in [9.17, 15) is 0 Å². The van der Waals surface area contributed by atoms with Crippen LogP contribution in [0.3, 0.4) is 0 Å². The normalized spacial score (nSPS) is 10.5. The van der Waals surface area contributed by atoms with Gasteiger partial charge < -0.3 is 0 Å². The minimum atomic E-state index is 1.33. The predicted octanol–water partition coefficient (Wildman–Crippen LogP) is 6.91. The number of fused-ring (bicyclic) bond motifs is 2. The molecule has 4 aromatic carbocycles. The molecule has 0 saturated heterocycles. The van der Waals surface area contributed by atoms with E-state index in [0.717, 1.165) is 0 Å². The Hall–Kier alpha value is -2.60. The zero-order chi connectivity index (χ0) is 17.1. The lowest BCUT2D eigenvalue weighted by Gasteiger charge is -2.04. The standard InChI is InChI=1S/2C12H12/c1-9-5-3-7-11-8-4-6-10(2)12(9)11;1-9-6-7-11-5-3-4-10(2)12(11)8-9/h2*3-8H,1-2H3. The first-order chi connectivity index (χ1) is 11.6. The Kier molecular flexibility index (Phi) is 4.66. The van der Waals surface area contributed by atoms with Crippen LogP contribution in [0, 0.1) is 27.7 Å². The van der Waals surface area contributed by atoms with Gasteiger partial charge in [0, 0.05) is 0 Å². The molecule has 0 radical (unpaired) electrons. The van der Waals surface area contributed by atoms with Crippen LogP contribution < -0.4 is 0 Å². The lowest BCUT2D eigenvalue weighted by molar-refractivity contribution is 1.46. The highest BCUT2D eigenvalue weighted by atomic mass is 14.0. The first kappa shape index (κ1) is 16.3. The molecular weight excluding hydrogens is 288 g/mol. The van der Waals surface area contributed by atoms with Gasteiger partial charge in [-0.15, -0.1) is 0 Å². The molecule has 0 fully saturated rings. The average Bonchev–Trinajstić information content (AvgIpc) is 2.57. The van der Waals surface area contributed by atoms with Gasteiger partial charge in [0.1, 0.15) is 0 Å². The lowest BCUT2D eigenvalue weighted by atomic mass is 10.0. The molecular formula is C24H24. The predicted molar refractivity (Wildman–Crippen MR) is 107 cm³/mol. The minimum Gasteiger partial charge on any atom is -0.0614 e. The van der Waals surface area contributed by atoms with Gasteiger partial charge in [0.2, 0.25) is 0 Å². The SMILES string of the molecule is Cc1ccc2cccc(C)c2c1.Cc1cccc2cccc(C)c12. The zero-order valence-electron chi connectivity index (χ0n) is 14.9.